The Bertz CT molecular complexity index is 1690. The van der Waals surface area contributed by atoms with E-state index in [-0.39, 0.29) is 5.54 Å². The van der Waals surface area contributed by atoms with Gasteiger partial charge in [0, 0.05) is 61.9 Å². The average Bonchev–Trinajstić information content (AvgIpc) is 3.31. The highest BCUT2D eigenvalue weighted by Gasteiger charge is 2.21. The van der Waals surface area contributed by atoms with E-state index < -0.39 is 0 Å². The van der Waals surface area contributed by atoms with E-state index in [0.717, 1.165) is 16.8 Å². The molecule has 0 radical (unpaired) electrons. The van der Waals surface area contributed by atoms with Crippen LogP contribution in [0, 0.1) is 0 Å². The zero-order valence-corrected chi connectivity index (χ0v) is 21.7. The maximum Gasteiger partial charge on any atom is 0.0517 e. The highest BCUT2D eigenvalue weighted by atomic mass is 15.0. The molecule has 3 nitrogen and oxygen atoms in total. The number of nitrogen functional groups attached to an aromatic ring is 1. The first-order chi connectivity index (χ1) is 16.8. The molecular formula is C32H35N3. The van der Waals surface area contributed by atoms with Gasteiger partial charge in [-0.05, 0) is 62.7 Å². The molecule has 0 fully saturated rings. The van der Waals surface area contributed by atoms with Gasteiger partial charge in [-0.15, -0.1) is 0 Å². The van der Waals surface area contributed by atoms with Crippen LogP contribution in [0.5, 0.6) is 0 Å². The summed E-state index contributed by atoms with van der Waals surface area (Å²) in [7, 11) is 2.13. The van der Waals surface area contributed by atoms with Gasteiger partial charge < -0.3 is 14.9 Å². The van der Waals surface area contributed by atoms with E-state index in [1.165, 1.54) is 50.0 Å². The highest BCUT2D eigenvalue weighted by Crippen LogP contribution is 2.40. The molecule has 0 atom stereocenters. The Morgan fingerprint density at radius 3 is 1.86 bits per heavy atom. The fourth-order valence-corrected chi connectivity index (χ4v) is 5.34. The van der Waals surface area contributed by atoms with Crippen LogP contribution >= 0.6 is 0 Å². The van der Waals surface area contributed by atoms with Gasteiger partial charge >= 0.3 is 0 Å². The van der Waals surface area contributed by atoms with E-state index in [1.54, 1.807) is 0 Å². The minimum Gasteiger partial charge on any atom is -0.398 e. The Kier molecular flexibility index (Phi) is 5.59. The van der Waals surface area contributed by atoms with Crippen LogP contribution in [0.3, 0.4) is 0 Å². The number of fused-ring (bicyclic) bond motifs is 6. The summed E-state index contributed by atoms with van der Waals surface area (Å²) in [5, 5.41) is 5.05. The number of aromatic nitrogens is 2. The summed E-state index contributed by atoms with van der Waals surface area (Å²) in [6.45, 7) is 11.0. The fraction of sp³-hybridized carbons (Fsp3) is 0.250. The van der Waals surface area contributed by atoms with E-state index >= 15 is 0 Å². The van der Waals surface area contributed by atoms with Gasteiger partial charge in [-0.1, -0.05) is 62.7 Å². The minimum atomic E-state index is -0.0445. The summed E-state index contributed by atoms with van der Waals surface area (Å²) in [5.41, 5.74) is 14.6. The van der Waals surface area contributed by atoms with Crippen molar-refractivity contribution in [2.45, 2.75) is 46.6 Å². The first-order valence-corrected chi connectivity index (χ1v) is 12.6. The predicted molar refractivity (Wildman–Crippen MR) is 154 cm³/mol. The summed E-state index contributed by atoms with van der Waals surface area (Å²) in [6.07, 6.45) is 1.25. The van der Waals surface area contributed by atoms with Gasteiger partial charge in [-0.3, -0.25) is 0 Å². The fourth-order valence-electron chi connectivity index (χ4n) is 5.34. The Hall–Kier alpha value is -3.72. The van der Waals surface area contributed by atoms with Crippen LogP contribution in [0.1, 0.15) is 41.0 Å². The Morgan fingerprint density at radius 1 is 0.657 bits per heavy atom. The van der Waals surface area contributed by atoms with Crippen LogP contribution < -0.4 is 5.73 Å². The van der Waals surface area contributed by atoms with Crippen LogP contribution in [0.15, 0.2) is 78.9 Å². The van der Waals surface area contributed by atoms with Crippen LogP contribution in [-0.2, 0) is 12.6 Å². The maximum atomic E-state index is 6.70. The SMILES string of the molecule is CCC.Cn1c2ccccc2c2cc(-c3cc4c5ccccc5n(C(C)(C)C)c4cc3N)ccc21. The van der Waals surface area contributed by atoms with Crippen molar-refractivity contribution in [2.24, 2.45) is 7.05 Å². The van der Waals surface area contributed by atoms with Crippen molar-refractivity contribution in [1.29, 1.82) is 0 Å². The number of aryl methyl sites for hydroxylation is 1. The van der Waals surface area contributed by atoms with Crippen molar-refractivity contribution >= 4 is 49.3 Å². The second-order valence-electron chi connectivity index (χ2n) is 10.5. The zero-order valence-electron chi connectivity index (χ0n) is 21.7. The van der Waals surface area contributed by atoms with E-state index in [2.05, 4.69) is 130 Å². The standard InChI is InChI=1S/C29H27N3.C3H8/c1-29(2,3)32-27-12-8-6-10-20(27)23-16-21(24(30)17-28(23)32)18-13-14-26-22(15-18)19-9-5-7-11-25(19)31(26)4;1-3-2/h5-17H,30H2,1-4H3;3H2,1-2H3. The van der Waals surface area contributed by atoms with E-state index in [0.29, 0.717) is 0 Å². The molecule has 2 aromatic heterocycles. The normalized spacial score (nSPS) is 11.9. The molecule has 0 aliphatic carbocycles. The first kappa shape index (κ1) is 23.0. The molecule has 0 bridgehead atoms. The molecular weight excluding hydrogens is 426 g/mol. The first-order valence-electron chi connectivity index (χ1n) is 12.6. The molecule has 3 heteroatoms. The average molecular weight is 462 g/mol. The molecule has 0 amide bonds. The Labute approximate surface area is 207 Å². The van der Waals surface area contributed by atoms with Gasteiger partial charge in [0.1, 0.15) is 0 Å². The lowest BCUT2D eigenvalue weighted by atomic mass is 9.98. The number of benzene rings is 4. The van der Waals surface area contributed by atoms with E-state index in [1.807, 2.05) is 0 Å². The molecule has 6 rings (SSSR count). The molecule has 0 aliphatic heterocycles. The Morgan fingerprint density at radius 2 is 1.20 bits per heavy atom. The van der Waals surface area contributed by atoms with Gasteiger partial charge in [0.2, 0.25) is 0 Å². The molecule has 0 saturated carbocycles. The molecule has 0 aliphatic rings. The van der Waals surface area contributed by atoms with Crippen molar-refractivity contribution < 1.29 is 0 Å². The van der Waals surface area contributed by atoms with Crippen molar-refractivity contribution in [3.8, 4) is 11.1 Å². The molecule has 178 valence electrons. The monoisotopic (exact) mass is 461 g/mol. The van der Waals surface area contributed by atoms with Gasteiger partial charge in [0.15, 0.2) is 0 Å². The number of nitrogens with zero attached hydrogens (tertiary/aromatic N) is 2. The quantitative estimate of drug-likeness (QED) is 0.244. The van der Waals surface area contributed by atoms with Gasteiger partial charge in [-0.25, -0.2) is 0 Å². The zero-order chi connectivity index (χ0) is 24.9. The number of rotatable bonds is 1. The number of anilines is 1. The summed E-state index contributed by atoms with van der Waals surface area (Å²) >= 11 is 0. The van der Waals surface area contributed by atoms with Gasteiger partial charge in [0.05, 0.1) is 5.52 Å². The van der Waals surface area contributed by atoms with Gasteiger partial charge in [-0.2, -0.15) is 0 Å². The largest absolute Gasteiger partial charge is 0.398 e. The summed E-state index contributed by atoms with van der Waals surface area (Å²) < 4.78 is 4.67. The second kappa shape index (κ2) is 8.49. The molecule has 4 aromatic carbocycles. The lowest BCUT2D eigenvalue weighted by Gasteiger charge is -2.24. The van der Waals surface area contributed by atoms with E-state index in [4.69, 9.17) is 5.73 Å². The molecule has 2 heterocycles. The summed E-state index contributed by atoms with van der Waals surface area (Å²) in [4.78, 5) is 0. The van der Waals surface area contributed by atoms with Crippen molar-refractivity contribution in [3.05, 3.63) is 78.9 Å². The van der Waals surface area contributed by atoms with Crippen LogP contribution in [-0.4, -0.2) is 9.13 Å². The predicted octanol–water partition coefficient (Wildman–Crippen LogP) is 8.86. The summed E-state index contributed by atoms with van der Waals surface area (Å²) in [5.74, 6) is 0. The molecule has 35 heavy (non-hydrogen) atoms. The third-order valence-corrected chi connectivity index (χ3v) is 6.74. The van der Waals surface area contributed by atoms with E-state index in [9.17, 15) is 0 Å². The lowest BCUT2D eigenvalue weighted by molar-refractivity contribution is 0.423. The lowest BCUT2D eigenvalue weighted by Crippen LogP contribution is -2.21. The van der Waals surface area contributed by atoms with Crippen LogP contribution in [0.2, 0.25) is 0 Å². The molecule has 0 saturated heterocycles. The van der Waals surface area contributed by atoms with Crippen molar-refractivity contribution in [1.82, 2.24) is 9.13 Å². The van der Waals surface area contributed by atoms with Crippen LogP contribution in [0.25, 0.3) is 54.7 Å². The van der Waals surface area contributed by atoms with Crippen molar-refractivity contribution in [2.75, 3.05) is 5.73 Å². The highest BCUT2D eigenvalue weighted by molar-refractivity contribution is 6.13. The number of hydrogen-bond donors (Lipinski definition) is 1. The molecule has 6 aromatic rings. The second-order valence-corrected chi connectivity index (χ2v) is 10.5. The molecule has 2 N–H and O–H groups in total. The van der Waals surface area contributed by atoms with Crippen molar-refractivity contribution in [3.63, 3.8) is 0 Å². The number of hydrogen-bond acceptors (Lipinski definition) is 1. The Balaban J connectivity index is 0.000000806. The van der Waals surface area contributed by atoms with Crippen LogP contribution in [0.4, 0.5) is 5.69 Å². The topological polar surface area (TPSA) is 35.9 Å². The molecule has 0 unspecified atom stereocenters. The smallest absolute Gasteiger partial charge is 0.0517 e. The third-order valence-electron chi connectivity index (χ3n) is 6.74. The number of para-hydroxylation sites is 2. The number of nitrogens with two attached hydrogens (primary N) is 1. The third kappa shape index (κ3) is 3.67. The minimum absolute atomic E-state index is 0.0445. The maximum absolute atomic E-state index is 6.70. The van der Waals surface area contributed by atoms with Gasteiger partial charge in [0.25, 0.3) is 0 Å². The molecule has 0 spiro atoms. The summed E-state index contributed by atoms with van der Waals surface area (Å²) in [6, 6.07) is 28.4.